The lowest BCUT2D eigenvalue weighted by Crippen LogP contribution is -2.41. The lowest BCUT2D eigenvalue weighted by atomic mass is 9.98. The average molecular weight is 490 g/mol. The normalized spacial score (nSPS) is 16.0. The molecule has 1 unspecified atom stereocenters. The van der Waals surface area contributed by atoms with E-state index >= 15 is 0 Å². The molecule has 1 amide bonds. The fourth-order valence-electron chi connectivity index (χ4n) is 3.62. The van der Waals surface area contributed by atoms with Gasteiger partial charge in [0.05, 0.1) is 15.7 Å². The first-order chi connectivity index (χ1) is 16.0. The first-order valence-electron chi connectivity index (χ1n) is 10.8. The number of non-ortho nitro benzene ring substituents is 1. The summed E-state index contributed by atoms with van der Waals surface area (Å²) in [6.45, 7) is 5.51. The van der Waals surface area contributed by atoms with Gasteiger partial charge in [-0.1, -0.05) is 12.1 Å². The van der Waals surface area contributed by atoms with Crippen LogP contribution in [0.2, 0.25) is 0 Å². The molecule has 1 atom stereocenters. The van der Waals surface area contributed by atoms with Crippen LogP contribution in [0.5, 0.6) is 0 Å². The summed E-state index contributed by atoms with van der Waals surface area (Å²) in [7, 11) is -3.66. The van der Waals surface area contributed by atoms with Crippen molar-refractivity contribution in [1.82, 2.24) is 4.31 Å². The van der Waals surface area contributed by atoms with Crippen molar-refractivity contribution in [3.63, 3.8) is 0 Å². The van der Waals surface area contributed by atoms with Crippen LogP contribution in [0.3, 0.4) is 0 Å². The molecule has 11 heteroatoms. The molecule has 10 nitrogen and oxygen atoms in total. The number of rotatable bonds is 7. The Hall–Kier alpha value is -3.31. The monoisotopic (exact) mass is 489 g/mol. The maximum Gasteiger partial charge on any atom is 0.309 e. The molecule has 1 aliphatic rings. The van der Waals surface area contributed by atoms with Crippen LogP contribution in [0.4, 0.5) is 11.4 Å². The van der Waals surface area contributed by atoms with Gasteiger partial charge in [0, 0.05) is 30.9 Å². The summed E-state index contributed by atoms with van der Waals surface area (Å²) in [5.74, 6) is -1.73. The Morgan fingerprint density at radius 3 is 2.41 bits per heavy atom. The summed E-state index contributed by atoms with van der Waals surface area (Å²) in [5, 5.41) is 13.4. The number of nitrogens with one attached hydrogen (secondary N) is 1. The van der Waals surface area contributed by atoms with Crippen molar-refractivity contribution in [2.45, 2.75) is 44.6 Å². The van der Waals surface area contributed by atoms with Crippen molar-refractivity contribution < 1.29 is 27.7 Å². The summed E-state index contributed by atoms with van der Waals surface area (Å²) in [4.78, 5) is 35.4. The Bertz CT molecular complexity index is 1200. The summed E-state index contributed by atoms with van der Waals surface area (Å²) >= 11 is 0. The van der Waals surface area contributed by atoms with Crippen LogP contribution in [-0.2, 0) is 24.3 Å². The maximum atomic E-state index is 12.9. The smallest absolute Gasteiger partial charge is 0.309 e. The van der Waals surface area contributed by atoms with E-state index in [4.69, 9.17) is 4.74 Å². The minimum absolute atomic E-state index is 0.170. The first kappa shape index (κ1) is 25.3. The predicted molar refractivity (Wildman–Crippen MR) is 125 cm³/mol. The number of aryl methyl sites for hydroxylation is 2. The molecule has 1 heterocycles. The number of piperidine rings is 1. The van der Waals surface area contributed by atoms with E-state index in [1.54, 1.807) is 18.2 Å². The highest BCUT2D eigenvalue weighted by Crippen LogP contribution is 2.26. The lowest BCUT2D eigenvalue weighted by Gasteiger charge is -2.30. The van der Waals surface area contributed by atoms with Gasteiger partial charge in [-0.2, -0.15) is 4.31 Å². The fourth-order valence-corrected chi connectivity index (χ4v) is 5.18. The average Bonchev–Trinajstić information content (AvgIpc) is 2.80. The topological polar surface area (TPSA) is 136 Å². The van der Waals surface area contributed by atoms with Gasteiger partial charge in [0.25, 0.3) is 11.6 Å². The van der Waals surface area contributed by atoms with Gasteiger partial charge in [-0.05, 0) is 62.9 Å². The lowest BCUT2D eigenvalue weighted by molar-refractivity contribution is -0.384. The second-order valence-corrected chi connectivity index (χ2v) is 10.2. The minimum atomic E-state index is -3.66. The number of ether oxygens (including phenoxy) is 1. The third kappa shape index (κ3) is 5.78. The van der Waals surface area contributed by atoms with Crippen LogP contribution in [0.1, 0.15) is 30.9 Å². The molecule has 2 aromatic rings. The number of anilines is 1. The third-order valence-corrected chi connectivity index (χ3v) is 7.78. The molecule has 1 aliphatic heterocycles. The molecule has 182 valence electrons. The van der Waals surface area contributed by atoms with Gasteiger partial charge in [-0.25, -0.2) is 8.42 Å². The summed E-state index contributed by atoms with van der Waals surface area (Å²) in [6, 6.07) is 10.4. The van der Waals surface area contributed by atoms with Crippen LogP contribution in [0.25, 0.3) is 0 Å². The molecule has 1 N–H and O–H groups in total. The number of nitrogens with zero attached hydrogens (tertiary/aromatic N) is 2. The maximum absolute atomic E-state index is 12.9. The van der Waals surface area contributed by atoms with Gasteiger partial charge in [0.2, 0.25) is 10.0 Å². The van der Waals surface area contributed by atoms with E-state index < -0.39 is 38.8 Å². The number of benzene rings is 2. The Balaban J connectivity index is 1.54. The molecule has 0 bridgehead atoms. The molecule has 1 fully saturated rings. The highest BCUT2D eigenvalue weighted by atomic mass is 32.2. The first-order valence-corrected chi connectivity index (χ1v) is 12.3. The van der Waals surface area contributed by atoms with E-state index in [0.29, 0.717) is 0 Å². The van der Waals surface area contributed by atoms with Crippen molar-refractivity contribution in [3.8, 4) is 0 Å². The zero-order chi connectivity index (χ0) is 25.0. The quantitative estimate of drug-likeness (QED) is 0.358. The van der Waals surface area contributed by atoms with Crippen molar-refractivity contribution in [1.29, 1.82) is 0 Å². The minimum Gasteiger partial charge on any atom is -0.452 e. The van der Waals surface area contributed by atoms with Gasteiger partial charge in [0.15, 0.2) is 6.10 Å². The van der Waals surface area contributed by atoms with Gasteiger partial charge >= 0.3 is 5.97 Å². The number of sulfonamides is 1. The van der Waals surface area contributed by atoms with Gasteiger partial charge < -0.3 is 10.1 Å². The van der Waals surface area contributed by atoms with E-state index in [2.05, 4.69) is 5.32 Å². The zero-order valence-corrected chi connectivity index (χ0v) is 20.0. The highest BCUT2D eigenvalue weighted by molar-refractivity contribution is 7.89. The van der Waals surface area contributed by atoms with Crippen LogP contribution in [0, 0.1) is 29.9 Å². The van der Waals surface area contributed by atoms with E-state index in [0.717, 1.165) is 11.1 Å². The molecule has 34 heavy (non-hydrogen) atoms. The van der Waals surface area contributed by atoms with Crippen molar-refractivity contribution in [3.05, 3.63) is 63.7 Å². The number of esters is 1. The highest BCUT2D eigenvalue weighted by Gasteiger charge is 2.34. The zero-order valence-electron chi connectivity index (χ0n) is 19.2. The molecule has 0 aliphatic carbocycles. The van der Waals surface area contributed by atoms with E-state index in [9.17, 15) is 28.1 Å². The summed E-state index contributed by atoms with van der Waals surface area (Å²) < 4.78 is 32.5. The van der Waals surface area contributed by atoms with Crippen molar-refractivity contribution in [2.75, 3.05) is 18.4 Å². The molecular formula is C23H27N3O7S. The number of nitro groups is 1. The van der Waals surface area contributed by atoms with Gasteiger partial charge in [0.1, 0.15) is 0 Å². The number of hydrogen-bond acceptors (Lipinski definition) is 7. The second kappa shape index (κ2) is 10.3. The number of carbonyl (C=O) groups excluding carboxylic acids is 2. The molecule has 0 spiro atoms. The van der Waals surface area contributed by atoms with E-state index in [1.165, 1.54) is 35.5 Å². The number of carbonyl (C=O) groups is 2. The Morgan fingerprint density at radius 1 is 1.12 bits per heavy atom. The van der Waals surface area contributed by atoms with E-state index in [-0.39, 0.29) is 42.2 Å². The van der Waals surface area contributed by atoms with Gasteiger partial charge in [-0.3, -0.25) is 19.7 Å². The van der Waals surface area contributed by atoms with E-state index in [1.807, 2.05) is 13.8 Å². The molecule has 0 aromatic heterocycles. The van der Waals surface area contributed by atoms with Crippen LogP contribution in [-0.4, -0.2) is 48.7 Å². The molecule has 2 aromatic carbocycles. The largest absolute Gasteiger partial charge is 0.452 e. The molecule has 1 saturated heterocycles. The van der Waals surface area contributed by atoms with Crippen LogP contribution in [0.15, 0.2) is 47.4 Å². The third-order valence-electron chi connectivity index (χ3n) is 5.89. The van der Waals surface area contributed by atoms with Gasteiger partial charge in [-0.15, -0.1) is 0 Å². The molecule has 0 saturated carbocycles. The number of hydrogen-bond donors (Lipinski definition) is 1. The number of amides is 1. The molecule has 0 radical (unpaired) electrons. The Labute approximate surface area is 198 Å². The second-order valence-electron chi connectivity index (χ2n) is 8.30. The van der Waals surface area contributed by atoms with Crippen molar-refractivity contribution >= 4 is 33.3 Å². The standard InChI is InChI=1S/C23H27N3O7S/c1-15-7-8-21(13-16(15)2)34(31,32)25-11-9-18(10-12-25)23(28)33-17(3)22(27)24-19-5-4-6-20(14-19)26(29)30/h4-8,13-14,17-18H,9-12H2,1-3H3,(H,24,27). The molecular weight excluding hydrogens is 462 g/mol. The summed E-state index contributed by atoms with van der Waals surface area (Å²) in [6.07, 6.45) is -0.561. The number of nitro benzene ring substituents is 1. The van der Waals surface area contributed by atoms with Crippen LogP contribution >= 0.6 is 0 Å². The Kier molecular flexibility index (Phi) is 7.68. The molecule has 3 rings (SSSR count). The fraction of sp³-hybridized carbons (Fsp3) is 0.391. The SMILES string of the molecule is Cc1ccc(S(=O)(=O)N2CCC(C(=O)OC(C)C(=O)Nc3cccc([N+](=O)[O-])c3)CC2)cc1C. The summed E-state index contributed by atoms with van der Waals surface area (Å²) in [5.41, 5.74) is 1.93. The predicted octanol–water partition coefficient (Wildman–Crippen LogP) is 3.18. The Morgan fingerprint density at radius 2 is 1.79 bits per heavy atom. The van der Waals surface area contributed by atoms with Crippen molar-refractivity contribution in [2.24, 2.45) is 5.92 Å². The van der Waals surface area contributed by atoms with Crippen LogP contribution < -0.4 is 5.32 Å².